The number of hydrogen-bond donors (Lipinski definition) is 1. The van der Waals surface area contributed by atoms with Gasteiger partial charge < -0.3 is 14.6 Å². The maximum Gasteiger partial charge on any atom is 0.255 e. The maximum atomic E-state index is 12.5. The first-order chi connectivity index (χ1) is 20.2. The van der Waals surface area contributed by atoms with Crippen LogP contribution in [0.15, 0.2) is 48.5 Å². The number of unbranched alkanes of at least 4 members (excludes halogenated alkanes) is 15. The molecule has 226 valence electrons. The van der Waals surface area contributed by atoms with Gasteiger partial charge in [0.1, 0.15) is 11.6 Å². The zero-order valence-corrected chi connectivity index (χ0v) is 26.0. The summed E-state index contributed by atoms with van der Waals surface area (Å²) in [5.74, 6) is 1.75. The van der Waals surface area contributed by atoms with Gasteiger partial charge in [0.15, 0.2) is 0 Å². The number of fused-ring (bicyclic) bond motifs is 1. The Kier molecular flexibility index (Phi) is 16.0. The molecule has 0 saturated heterocycles. The van der Waals surface area contributed by atoms with Crippen LogP contribution in [0.1, 0.15) is 132 Å². The van der Waals surface area contributed by atoms with E-state index in [0.29, 0.717) is 17.9 Å². The highest BCUT2D eigenvalue weighted by atomic mass is 16.5. The Labute approximate surface area is 249 Å². The summed E-state index contributed by atoms with van der Waals surface area (Å²) < 4.78 is 7.76. The molecule has 5 heteroatoms. The molecule has 0 radical (unpaired) electrons. The lowest BCUT2D eigenvalue weighted by Crippen LogP contribution is -2.24. The normalized spacial score (nSPS) is 11.3. The highest BCUT2D eigenvalue weighted by molar-refractivity contribution is 5.96. The average molecular weight is 562 g/mol. The Hall–Kier alpha value is -2.82. The monoisotopic (exact) mass is 561 g/mol. The molecule has 5 nitrogen and oxygen atoms in total. The number of rotatable bonds is 23. The first-order valence-corrected chi connectivity index (χ1v) is 16.6. The Morgan fingerprint density at radius 1 is 0.732 bits per heavy atom. The standard InChI is InChI=1S/C36H55N3O2/c1-3-4-5-6-7-8-9-10-11-12-13-14-15-23-30-39-33-26-20-19-25-32(33)38-35(39)28-17-16-22-29-37-36(40)31-24-18-21-27-34(31)41-2/h18-21,24-27H,3-17,22-23,28-30H2,1-2H3,(H,37,40). The molecule has 1 N–H and O–H groups in total. The first kappa shape index (κ1) is 32.7. The van der Waals surface area contributed by atoms with Gasteiger partial charge in [-0.05, 0) is 43.5 Å². The number of imidazole rings is 1. The summed E-state index contributed by atoms with van der Waals surface area (Å²) in [6.45, 7) is 4.02. The second kappa shape index (κ2) is 20.1. The van der Waals surface area contributed by atoms with Gasteiger partial charge in [-0.2, -0.15) is 0 Å². The van der Waals surface area contributed by atoms with Gasteiger partial charge >= 0.3 is 0 Å². The van der Waals surface area contributed by atoms with Crippen molar-refractivity contribution in [3.8, 4) is 5.75 Å². The molecule has 1 aromatic heterocycles. The third-order valence-corrected chi connectivity index (χ3v) is 8.18. The Morgan fingerprint density at radius 3 is 2.00 bits per heavy atom. The van der Waals surface area contributed by atoms with E-state index in [2.05, 4.69) is 41.1 Å². The highest BCUT2D eigenvalue weighted by Crippen LogP contribution is 2.20. The molecule has 0 unspecified atom stereocenters. The van der Waals surface area contributed by atoms with E-state index in [-0.39, 0.29) is 5.91 Å². The molecule has 0 fully saturated rings. The number of para-hydroxylation sites is 3. The van der Waals surface area contributed by atoms with Crippen LogP contribution in [0.4, 0.5) is 0 Å². The van der Waals surface area contributed by atoms with E-state index in [1.54, 1.807) is 13.2 Å². The Morgan fingerprint density at radius 2 is 1.32 bits per heavy atom. The maximum absolute atomic E-state index is 12.5. The van der Waals surface area contributed by atoms with Gasteiger partial charge in [0.05, 0.1) is 23.7 Å². The number of carbonyl (C=O) groups is 1. The predicted octanol–water partition coefficient (Wildman–Crippen LogP) is 9.67. The number of hydrogen-bond acceptors (Lipinski definition) is 3. The zero-order chi connectivity index (χ0) is 29.0. The van der Waals surface area contributed by atoms with E-state index in [1.807, 2.05) is 18.2 Å². The lowest BCUT2D eigenvalue weighted by molar-refractivity contribution is 0.0950. The van der Waals surface area contributed by atoms with Crippen molar-refractivity contribution in [1.29, 1.82) is 0 Å². The van der Waals surface area contributed by atoms with Crippen LogP contribution in [-0.2, 0) is 13.0 Å². The molecule has 0 atom stereocenters. The number of aromatic nitrogens is 2. The quantitative estimate of drug-likeness (QED) is 0.117. The minimum absolute atomic E-state index is 0.0718. The second-order valence-corrected chi connectivity index (χ2v) is 11.5. The molecule has 3 aromatic rings. The van der Waals surface area contributed by atoms with E-state index >= 15 is 0 Å². The minimum Gasteiger partial charge on any atom is -0.496 e. The van der Waals surface area contributed by atoms with Gasteiger partial charge in [0.2, 0.25) is 0 Å². The van der Waals surface area contributed by atoms with Crippen molar-refractivity contribution in [3.63, 3.8) is 0 Å². The fourth-order valence-corrected chi connectivity index (χ4v) is 5.74. The number of methoxy groups -OCH3 is 1. The molecular formula is C36H55N3O2. The third kappa shape index (κ3) is 11.9. The van der Waals surface area contributed by atoms with Gasteiger partial charge in [0.25, 0.3) is 5.91 Å². The summed E-state index contributed by atoms with van der Waals surface area (Å²) >= 11 is 0. The van der Waals surface area contributed by atoms with Gasteiger partial charge in [0, 0.05) is 19.5 Å². The van der Waals surface area contributed by atoms with Crippen LogP contribution in [0.5, 0.6) is 5.75 Å². The summed E-state index contributed by atoms with van der Waals surface area (Å²) in [6, 6.07) is 15.9. The molecule has 0 aliphatic carbocycles. The molecule has 1 amide bonds. The topological polar surface area (TPSA) is 56.2 Å². The van der Waals surface area contributed by atoms with E-state index in [1.165, 1.54) is 101 Å². The second-order valence-electron chi connectivity index (χ2n) is 11.5. The van der Waals surface area contributed by atoms with Crippen LogP contribution < -0.4 is 10.1 Å². The predicted molar refractivity (Wildman–Crippen MR) is 173 cm³/mol. The van der Waals surface area contributed by atoms with E-state index < -0.39 is 0 Å². The fourth-order valence-electron chi connectivity index (χ4n) is 5.74. The molecule has 0 aliphatic heterocycles. The summed E-state index contributed by atoms with van der Waals surface area (Å²) in [5, 5.41) is 3.04. The number of benzene rings is 2. The molecular weight excluding hydrogens is 506 g/mol. The number of nitrogens with zero attached hydrogens (tertiary/aromatic N) is 2. The third-order valence-electron chi connectivity index (χ3n) is 8.18. The molecule has 41 heavy (non-hydrogen) atoms. The number of ether oxygens (including phenoxy) is 1. The number of carbonyl (C=O) groups excluding carboxylic acids is 1. The smallest absolute Gasteiger partial charge is 0.255 e. The van der Waals surface area contributed by atoms with Gasteiger partial charge in [-0.15, -0.1) is 0 Å². The van der Waals surface area contributed by atoms with Crippen molar-refractivity contribution in [2.24, 2.45) is 0 Å². The number of aryl methyl sites for hydroxylation is 2. The molecule has 0 spiro atoms. The van der Waals surface area contributed by atoms with Crippen LogP contribution in [-0.4, -0.2) is 29.1 Å². The van der Waals surface area contributed by atoms with Crippen LogP contribution in [0, 0.1) is 0 Å². The number of amides is 1. The van der Waals surface area contributed by atoms with Crippen molar-refractivity contribution in [2.75, 3.05) is 13.7 Å². The lowest BCUT2D eigenvalue weighted by Gasteiger charge is -2.10. The molecule has 1 heterocycles. The Bertz CT molecular complexity index is 1120. The van der Waals surface area contributed by atoms with Gasteiger partial charge in [-0.25, -0.2) is 4.98 Å². The van der Waals surface area contributed by atoms with E-state index in [4.69, 9.17) is 9.72 Å². The SMILES string of the molecule is CCCCCCCCCCCCCCCCn1c(CCCCCNC(=O)c2ccccc2OC)nc2ccccc21. The van der Waals surface area contributed by atoms with Crippen LogP contribution in [0.2, 0.25) is 0 Å². The summed E-state index contributed by atoms with van der Waals surface area (Å²) in [6.07, 6.45) is 23.5. The average Bonchev–Trinajstić information content (AvgIpc) is 3.36. The minimum atomic E-state index is -0.0718. The van der Waals surface area contributed by atoms with Crippen molar-refractivity contribution in [2.45, 2.75) is 129 Å². The summed E-state index contributed by atoms with van der Waals surface area (Å²) in [4.78, 5) is 17.5. The van der Waals surface area contributed by atoms with Crippen molar-refractivity contribution in [3.05, 3.63) is 59.9 Å². The van der Waals surface area contributed by atoms with Gasteiger partial charge in [-0.3, -0.25) is 4.79 Å². The lowest BCUT2D eigenvalue weighted by atomic mass is 10.0. The molecule has 0 bridgehead atoms. The molecule has 0 saturated carbocycles. The van der Waals surface area contributed by atoms with Crippen LogP contribution in [0.3, 0.4) is 0 Å². The van der Waals surface area contributed by atoms with Crippen LogP contribution in [0.25, 0.3) is 11.0 Å². The highest BCUT2D eigenvalue weighted by Gasteiger charge is 2.12. The van der Waals surface area contributed by atoms with Crippen molar-refractivity contribution >= 4 is 16.9 Å². The van der Waals surface area contributed by atoms with Crippen molar-refractivity contribution in [1.82, 2.24) is 14.9 Å². The first-order valence-electron chi connectivity index (χ1n) is 16.6. The van der Waals surface area contributed by atoms with E-state index in [9.17, 15) is 4.79 Å². The summed E-state index contributed by atoms with van der Waals surface area (Å²) in [7, 11) is 1.60. The summed E-state index contributed by atoms with van der Waals surface area (Å²) in [5.41, 5.74) is 2.96. The fraction of sp³-hybridized carbons (Fsp3) is 0.611. The molecule has 0 aliphatic rings. The molecule has 3 rings (SSSR count). The van der Waals surface area contributed by atoms with Gasteiger partial charge in [-0.1, -0.05) is 121 Å². The molecule has 2 aromatic carbocycles. The van der Waals surface area contributed by atoms with Crippen LogP contribution >= 0.6 is 0 Å². The largest absolute Gasteiger partial charge is 0.496 e. The Balaban J connectivity index is 1.29. The number of nitrogens with one attached hydrogen (secondary N) is 1. The zero-order valence-electron chi connectivity index (χ0n) is 26.0. The van der Waals surface area contributed by atoms with Crippen molar-refractivity contribution < 1.29 is 9.53 Å². The van der Waals surface area contributed by atoms with E-state index in [0.717, 1.165) is 37.7 Å².